The molecule has 2 aromatic rings. The van der Waals surface area contributed by atoms with Gasteiger partial charge in [0, 0.05) is 17.4 Å². The van der Waals surface area contributed by atoms with E-state index in [9.17, 15) is 4.79 Å². The molecule has 1 aliphatic heterocycles. The van der Waals surface area contributed by atoms with Crippen molar-refractivity contribution in [2.45, 2.75) is 6.42 Å². The predicted octanol–water partition coefficient (Wildman–Crippen LogP) is 2.67. The van der Waals surface area contributed by atoms with E-state index in [2.05, 4.69) is 4.98 Å². The van der Waals surface area contributed by atoms with Gasteiger partial charge in [-0.25, -0.2) is 9.78 Å². The van der Waals surface area contributed by atoms with Crippen molar-refractivity contribution >= 4 is 17.3 Å². The second-order valence-corrected chi connectivity index (χ2v) is 4.91. The molecule has 1 N–H and O–H groups in total. The maximum absolute atomic E-state index is 10.8. The van der Waals surface area contributed by atoms with E-state index in [0.29, 0.717) is 24.0 Å². The second kappa shape index (κ2) is 4.89. The maximum atomic E-state index is 10.8. The van der Waals surface area contributed by atoms with Crippen LogP contribution in [0.1, 0.15) is 16.9 Å². The number of hydrogen-bond donors (Lipinski definition) is 1. The van der Waals surface area contributed by atoms with Gasteiger partial charge in [-0.15, -0.1) is 11.3 Å². The molecule has 0 amide bonds. The monoisotopic (exact) mass is 277 g/mol. The molecule has 19 heavy (non-hydrogen) atoms. The minimum absolute atomic E-state index is 0.0621. The van der Waals surface area contributed by atoms with Crippen molar-refractivity contribution < 1.29 is 19.4 Å². The van der Waals surface area contributed by atoms with Gasteiger partial charge in [-0.05, 0) is 18.2 Å². The molecule has 0 aliphatic carbocycles. The van der Waals surface area contributed by atoms with Gasteiger partial charge >= 0.3 is 5.97 Å². The Balaban J connectivity index is 1.96. The van der Waals surface area contributed by atoms with Gasteiger partial charge in [0.25, 0.3) is 0 Å². The highest BCUT2D eigenvalue weighted by molar-refractivity contribution is 7.13. The molecule has 0 atom stereocenters. The molecule has 1 aromatic heterocycles. The summed E-state index contributed by atoms with van der Waals surface area (Å²) in [6.07, 6.45) is 0.852. The Labute approximate surface area is 113 Å². The number of aromatic nitrogens is 1. The van der Waals surface area contributed by atoms with Gasteiger partial charge in [0.15, 0.2) is 17.2 Å². The number of nitrogens with zero attached hydrogens (tertiary/aromatic N) is 1. The zero-order valence-electron chi connectivity index (χ0n) is 9.96. The van der Waals surface area contributed by atoms with Gasteiger partial charge < -0.3 is 14.6 Å². The van der Waals surface area contributed by atoms with Gasteiger partial charge in [-0.1, -0.05) is 0 Å². The molecule has 1 aliphatic rings. The fourth-order valence-electron chi connectivity index (χ4n) is 1.80. The Kier molecular flexibility index (Phi) is 3.08. The quantitative estimate of drug-likeness (QED) is 0.914. The van der Waals surface area contributed by atoms with Crippen LogP contribution in [0.15, 0.2) is 23.6 Å². The average molecular weight is 277 g/mol. The van der Waals surface area contributed by atoms with E-state index >= 15 is 0 Å². The van der Waals surface area contributed by atoms with Crippen molar-refractivity contribution in [1.29, 1.82) is 0 Å². The Bertz CT molecular complexity index is 623. The van der Waals surface area contributed by atoms with Crippen LogP contribution in [0.2, 0.25) is 0 Å². The fourth-order valence-corrected chi connectivity index (χ4v) is 2.59. The summed E-state index contributed by atoms with van der Waals surface area (Å²) in [6, 6.07) is 5.53. The Morgan fingerprint density at radius 2 is 2.05 bits per heavy atom. The highest BCUT2D eigenvalue weighted by Crippen LogP contribution is 2.35. The topological polar surface area (TPSA) is 68.7 Å². The smallest absolute Gasteiger partial charge is 0.355 e. The number of hydrogen-bond acceptors (Lipinski definition) is 5. The zero-order valence-corrected chi connectivity index (χ0v) is 10.8. The van der Waals surface area contributed by atoms with Gasteiger partial charge in [-0.2, -0.15) is 0 Å². The van der Waals surface area contributed by atoms with Crippen LogP contribution in [-0.2, 0) is 0 Å². The minimum atomic E-state index is -1.02. The molecule has 0 unspecified atom stereocenters. The molecule has 0 spiro atoms. The molecule has 0 saturated heterocycles. The van der Waals surface area contributed by atoms with E-state index < -0.39 is 5.97 Å². The predicted molar refractivity (Wildman–Crippen MR) is 70.1 cm³/mol. The SMILES string of the molecule is O=C(O)c1csc(-c2ccc3c(c2)OCCCO3)n1. The van der Waals surface area contributed by atoms with Crippen molar-refractivity contribution in [2.24, 2.45) is 0 Å². The third kappa shape index (κ3) is 2.39. The summed E-state index contributed by atoms with van der Waals surface area (Å²) in [5.74, 6) is 0.384. The number of carbonyl (C=O) groups is 1. The summed E-state index contributed by atoms with van der Waals surface area (Å²) in [6.45, 7) is 1.27. The molecular formula is C13H11NO4S. The van der Waals surface area contributed by atoms with Crippen LogP contribution in [0.25, 0.3) is 10.6 Å². The van der Waals surface area contributed by atoms with E-state index in [0.717, 1.165) is 17.7 Å². The van der Waals surface area contributed by atoms with Crippen LogP contribution in [0, 0.1) is 0 Å². The normalized spacial score (nSPS) is 13.9. The second-order valence-electron chi connectivity index (χ2n) is 4.06. The number of aromatic carboxylic acids is 1. The van der Waals surface area contributed by atoms with E-state index in [4.69, 9.17) is 14.6 Å². The summed E-state index contributed by atoms with van der Waals surface area (Å²) in [5.41, 5.74) is 0.897. The summed E-state index contributed by atoms with van der Waals surface area (Å²) in [5, 5.41) is 11.1. The lowest BCUT2D eigenvalue weighted by Crippen LogP contribution is -1.97. The standard InChI is InChI=1S/C13H11NO4S/c15-13(16)9-7-19-12(14-9)8-2-3-10-11(6-8)18-5-1-4-17-10/h2-3,6-7H,1,4-5H2,(H,15,16). The molecular weight excluding hydrogens is 266 g/mol. The molecule has 6 heteroatoms. The minimum Gasteiger partial charge on any atom is -0.490 e. The lowest BCUT2D eigenvalue weighted by atomic mass is 10.2. The third-order valence-corrected chi connectivity index (χ3v) is 3.61. The summed E-state index contributed by atoms with van der Waals surface area (Å²) in [7, 11) is 0. The first kappa shape index (κ1) is 12.0. The molecule has 0 saturated carbocycles. The molecule has 0 fully saturated rings. The molecule has 1 aromatic carbocycles. The van der Waals surface area contributed by atoms with Crippen molar-refractivity contribution in [3.05, 3.63) is 29.3 Å². The Morgan fingerprint density at radius 1 is 1.26 bits per heavy atom. The van der Waals surface area contributed by atoms with Gasteiger partial charge in [0.2, 0.25) is 0 Å². The van der Waals surface area contributed by atoms with Crippen LogP contribution >= 0.6 is 11.3 Å². The lowest BCUT2D eigenvalue weighted by molar-refractivity contribution is 0.0691. The number of thiazole rings is 1. The number of rotatable bonds is 2. The van der Waals surface area contributed by atoms with Crippen molar-refractivity contribution in [1.82, 2.24) is 4.98 Å². The molecule has 5 nitrogen and oxygen atoms in total. The van der Waals surface area contributed by atoms with Crippen LogP contribution in [-0.4, -0.2) is 29.3 Å². The fraction of sp³-hybridized carbons (Fsp3) is 0.231. The molecule has 2 heterocycles. The van der Waals surface area contributed by atoms with Crippen molar-refractivity contribution in [3.8, 4) is 22.1 Å². The highest BCUT2D eigenvalue weighted by atomic mass is 32.1. The molecule has 3 rings (SSSR count). The van der Waals surface area contributed by atoms with Crippen molar-refractivity contribution in [2.75, 3.05) is 13.2 Å². The number of ether oxygens (including phenoxy) is 2. The molecule has 98 valence electrons. The number of fused-ring (bicyclic) bond motifs is 1. The van der Waals surface area contributed by atoms with Crippen LogP contribution in [0.3, 0.4) is 0 Å². The largest absolute Gasteiger partial charge is 0.490 e. The van der Waals surface area contributed by atoms with Gasteiger partial charge in [-0.3, -0.25) is 0 Å². The third-order valence-electron chi connectivity index (χ3n) is 2.72. The zero-order chi connectivity index (χ0) is 13.2. The summed E-state index contributed by atoms with van der Waals surface area (Å²) in [4.78, 5) is 14.9. The number of carboxylic acid groups (broad SMARTS) is 1. The summed E-state index contributed by atoms with van der Waals surface area (Å²) >= 11 is 1.30. The van der Waals surface area contributed by atoms with Crippen LogP contribution < -0.4 is 9.47 Å². The maximum Gasteiger partial charge on any atom is 0.355 e. The molecule has 0 radical (unpaired) electrons. The molecule has 0 bridgehead atoms. The van der Waals surface area contributed by atoms with E-state index in [1.54, 1.807) is 0 Å². The van der Waals surface area contributed by atoms with Crippen LogP contribution in [0.5, 0.6) is 11.5 Å². The number of carboxylic acids is 1. The first-order valence-electron chi connectivity index (χ1n) is 5.83. The van der Waals surface area contributed by atoms with Gasteiger partial charge in [0.05, 0.1) is 13.2 Å². The van der Waals surface area contributed by atoms with Gasteiger partial charge in [0.1, 0.15) is 5.01 Å². The summed E-state index contributed by atoms with van der Waals surface area (Å²) < 4.78 is 11.1. The average Bonchev–Trinajstić information content (AvgIpc) is 2.78. The van der Waals surface area contributed by atoms with Crippen molar-refractivity contribution in [3.63, 3.8) is 0 Å². The first-order chi connectivity index (χ1) is 9.24. The Hall–Kier alpha value is -2.08. The van der Waals surface area contributed by atoms with Crippen LogP contribution in [0.4, 0.5) is 0 Å². The highest BCUT2D eigenvalue weighted by Gasteiger charge is 2.14. The van der Waals surface area contributed by atoms with E-state index in [-0.39, 0.29) is 5.69 Å². The first-order valence-corrected chi connectivity index (χ1v) is 6.71. The van der Waals surface area contributed by atoms with E-state index in [1.807, 2.05) is 18.2 Å². The Morgan fingerprint density at radius 3 is 2.79 bits per heavy atom. The van der Waals surface area contributed by atoms with E-state index in [1.165, 1.54) is 16.7 Å². The number of benzene rings is 1. The lowest BCUT2D eigenvalue weighted by Gasteiger charge is -2.07.